The average Bonchev–Trinajstić information content (AvgIpc) is 2.58. The normalized spacial score (nSPS) is 20.4. The Bertz CT molecular complexity index is 355. The lowest BCUT2D eigenvalue weighted by molar-refractivity contribution is 0.0934. The van der Waals surface area contributed by atoms with E-state index in [9.17, 15) is 4.79 Å². The quantitative estimate of drug-likeness (QED) is 0.688. The van der Waals surface area contributed by atoms with Gasteiger partial charge in [-0.05, 0) is 6.42 Å². The van der Waals surface area contributed by atoms with E-state index < -0.39 is 0 Å². The van der Waals surface area contributed by atoms with Crippen molar-refractivity contribution in [2.24, 2.45) is 10.3 Å². The highest BCUT2D eigenvalue weighted by Gasteiger charge is 2.25. The van der Waals surface area contributed by atoms with Crippen molar-refractivity contribution in [1.82, 2.24) is 9.66 Å². The van der Waals surface area contributed by atoms with Crippen LogP contribution in [0.3, 0.4) is 0 Å². The zero-order valence-corrected chi connectivity index (χ0v) is 7.34. The minimum Gasteiger partial charge on any atom is -0.290 e. The molecule has 5 heteroatoms. The lowest BCUT2D eigenvalue weighted by Crippen LogP contribution is -2.24. The van der Waals surface area contributed by atoms with E-state index in [2.05, 4.69) is 15.3 Å². The molecular formula is C8H10N4O. The maximum atomic E-state index is 11.7. The van der Waals surface area contributed by atoms with Gasteiger partial charge in [0.15, 0.2) is 0 Å². The predicted molar refractivity (Wildman–Crippen MR) is 45.5 cm³/mol. The van der Waals surface area contributed by atoms with Gasteiger partial charge in [0.25, 0.3) is 0 Å². The smallest absolute Gasteiger partial charge is 0.209 e. The summed E-state index contributed by atoms with van der Waals surface area (Å²) in [6.07, 6.45) is 4.71. The monoisotopic (exact) mass is 178 g/mol. The summed E-state index contributed by atoms with van der Waals surface area (Å²) in [4.78, 5) is 15.5. The van der Waals surface area contributed by atoms with Crippen molar-refractivity contribution in [2.75, 3.05) is 0 Å². The Morgan fingerprint density at radius 3 is 3.23 bits per heavy atom. The summed E-state index contributed by atoms with van der Waals surface area (Å²) in [5, 5.41) is 7.77. The number of Topliss-reactive ketones (excluding diaryl/α,β-unsaturated/α-hetero) is 1. The molecule has 1 aromatic rings. The fourth-order valence-corrected chi connectivity index (χ4v) is 1.34. The number of carbonyl (C=O) groups excluding carboxylic acids is 1. The first kappa shape index (κ1) is 8.10. The van der Waals surface area contributed by atoms with Gasteiger partial charge in [0.05, 0.1) is 6.20 Å². The number of rotatable bonds is 2. The summed E-state index contributed by atoms with van der Waals surface area (Å²) >= 11 is 0. The summed E-state index contributed by atoms with van der Waals surface area (Å²) in [5.41, 5.74) is 0.536. The van der Waals surface area contributed by atoms with E-state index in [4.69, 9.17) is 0 Å². The first-order valence-electron chi connectivity index (χ1n) is 4.30. The fourth-order valence-electron chi connectivity index (χ4n) is 1.34. The second kappa shape index (κ2) is 3.08. The molecule has 0 N–H and O–H groups in total. The SMILES string of the molecule is CCCC1N=Nn2cncc2C1=O. The Morgan fingerprint density at radius 2 is 2.46 bits per heavy atom. The first-order chi connectivity index (χ1) is 6.33. The molecule has 0 fully saturated rings. The van der Waals surface area contributed by atoms with E-state index in [1.165, 1.54) is 17.2 Å². The number of hydrogen-bond acceptors (Lipinski definition) is 4. The molecular weight excluding hydrogens is 168 g/mol. The summed E-state index contributed by atoms with van der Waals surface area (Å²) < 4.78 is 1.41. The first-order valence-corrected chi connectivity index (χ1v) is 4.30. The molecule has 0 spiro atoms. The third kappa shape index (κ3) is 1.26. The van der Waals surface area contributed by atoms with Crippen molar-refractivity contribution in [3.63, 3.8) is 0 Å². The zero-order chi connectivity index (χ0) is 9.26. The Balaban J connectivity index is 2.30. The lowest BCUT2D eigenvalue weighted by Gasteiger charge is -2.12. The molecule has 0 aromatic carbocycles. The van der Waals surface area contributed by atoms with E-state index in [1.54, 1.807) is 0 Å². The van der Waals surface area contributed by atoms with Gasteiger partial charge in [-0.3, -0.25) is 4.79 Å². The molecule has 13 heavy (non-hydrogen) atoms. The van der Waals surface area contributed by atoms with Crippen LogP contribution in [0.4, 0.5) is 0 Å². The molecule has 0 radical (unpaired) electrons. The second-order valence-electron chi connectivity index (χ2n) is 3.00. The minimum absolute atomic E-state index is 0.0225. The second-order valence-corrected chi connectivity index (χ2v) is 3.00. The van der Waals surface area contributed by atoms with Crippen LogP contribution in [-0.2, 0) is 0 Å². The molecule has 1 aliphatic rings. The molecule has 0 amide bonds. The molecule has 0 saturated heterocycles. The van der Waals surface area contributed by atoms with Crippen molar-refractivity contribution in [3.05, 3.63) is 18.2 Å². The van der Waals surface area contributed by atoms with E-state index >= 15 is 0 Å². The summed E-state index contributed by atoms with van der Waals surface area (Å²) in [6, 6.07) is -0.297. The van der Waals surface area contributed by atoms with Crippen molar-refractivity contribution < 1.29 is 4.79 Å². The molecule has 2 rings (SSSR count). The minimum atomic E-state index is -0.297. The maximum Gasteiger partial charge on any atom is 0.209 e. The third-order valence-corrected chi connectivity index (χ3v) is 2.02. The molecule has 1 unspecified atom stereocenters. The van der Waals surface area contributed by atoms with Gasteiger partial charge in [-0.15, -0.1) is 0 Å². The number of nitrogens with zero attached hydrogens (tertiary/aromatic N) is 4. The van der Waals surface area contributed by atoms with Crippen LogP contribution in [0.1, 0.15) is 30.3 Å². The van der Waals surface area contributed by atoms with Crippen molar-refractivity contribution in [1.29, 1.82) is 0 Å². The molecule has 68 valence electrons. The molecule has 0 bridgehead atoms. The molecule has 1 atom stereocenters. The van der Waals surface area contributed by atoms with E-state index in [1.807, 2.05) is 6.92 Å². The fraction of sp³-hybridized carbons (Fsp3) is 0.500. The van der Waals surface area contributed by atoms with Gasteiger partial charge in [-0.1, -0.05) is 18.6 Å². The van der Waals surface area contributed by atoms with Crippen LogP contribution in [0.15, 0.2) is 22.9 Å². The number of carbonyl (C=O) groups is 1. The molecule has 2 heterocycles. The maximum absolute atomic E-state index is 11.7. The van der Waals surface area contributed by atoms with Crippen LogP contribution < -0.4 is 0 Å². The molecule has 1 aromatic heterocycles. The van der Waals surface area contributed by atoms with Gasteiger partial charge in [0, 0.05) is 0 Å². The summed E-state index contributed by atoms with van der Waals surface area (Å²) in [5.74, 6) is 0.0225. The summed E-state index contributed by atoms with van der Waals surface area (Å²) in [6.45, 7) is 2.02. The predicted octanol–water partition coefficient (Wildman–Crippen LogP) is 1.46. The third-order valence-electron chi connectivity index (χ3n) is 2.02. The zero-order valence-electron chi connectivity index (χ0n) is 7.34. The number of fused-ring (bicyclic) bond motifs is 1. The Kier molecular flexibility index (Phi) is 1.92. The molecule has 0 saturated carbocycles. The van der Waals surface area contributed by atoms with Crippen molar-refractivity contribution >= 4 is 5.78 Å². The van der Waals surface area contributed by atoms with Crippen LogP contribution in [0.5, 0.6) is 0 Å². The van der Waals surface area contributed by atoms with Crippen LogP contribution in [0, 0.1) is 0 Å². The van der Waals surface area contributed by atoms with Gasteiger partial charge in [0.2, 0.25) is 5.78 Å². The lowest BCUT2D eigenvalue weighted by atomic mass is 10.1. The molecule has 0 aliphatic carbocycles. The van der Waals surface area contributed by atoms with Gasteiger partial charge in [0.1, 0.15) is 18.1 Å². The van der Waals surface area contributed by atoms with Gasteiger partial charge < -0.3 is 0 Å². The topological polar surface area (TPSA) is 59.6 Å². The van der Waals surface area contributed by atoms with Crippen molar-refractivity contribution in [3.8, 4) is 0 Å². The van der Waals surface area contributed by atoms with Gasteiger partial charge in [-0.2, -0.15) is 9.79 Å². The van der Waals surface area contributed by atoms with Gasteiger partial charge >= 0.3 is 0 Å². The van der Waals surface area contributed by atoms with Crippen LogP contribution in [-0.4, -0.2) is 21.5 Å². The standard InChI is InChI=1S/C8H10N4O/c1-2-3-6-8(13)7-4-9-5-12(7)11-10-6/h4-6H,2-3H2,1H3. The number of imidazole rings is 1. The van der Waals surface area contributed by atoms with E-state index in [0.717, 1.165) is 12.8 Å². The number of hydrogen-bond donors (Lipinski definition) is 0. The molecule has 1 aliphatic heterocycles. The Labute approximate surface area is 75.5 Å². The van der Waals surface area contributed by atoms with Gasteiger partial charge in [-0.25, -0.2) is 4.98 Å². The Hall–Kier alpha value is -1.52. The van der Waals surface area contributed by atoms with E-state index in [-0.39, 0.29) is 11.8 Å². The highest BCUT2D eigenvalue weighted by Crippen LogP contribution is 2.16. The summed E-state index contributed by atoms with van der Waals surface area (Å²) in [7, 11) is 0. The van der Waals surface area contributed by atoms with Crippen LogP contribution >= 0.6 is 0 Å². The van der Waals surface area contributed by atoms with Crippen LogP contribution in [0.2, 0.25) is 0 Å². The average molecular weight is 178 g/mol. The number of aromatic nitrogens is 2. The molecule has 5 nitrogen and oxygen atoms in total. The largest absolute Gasteiger partial charge is 0.290 e. The van der Waals surface area contributed by atoms with Crippen LogP contribution in [0.25, 0.3) is 0 Å². The highest BCUT2D eigenvalue weighted by molar-refractivity contribution is 5.98. The highest BCUT2D eigenvalue weighted by atomic mass is 16.1. The van der Waals surface area contributed by atoms with E-state index in [0.29, 0.717) is 5.69 Å². The number of ketones is 1. The Morgan fingerprint density at radius 1 is 1.62 bits per heavy atom. The van der Waals surface area contributed by atoms with Crippen molar-refractivity contribution in [2.45, 2.75) is 25.8 Å².